The predicted octanol–water partition coefficient (Wildman–Crippen LogP) is 1.25. The highest BCUT2D eigenvalue weighted by atomic mass is 16.5. The molecule has 0 radical (unpaired) electrons. The van der Waals surface area contributed by atoms with Crippen LogP contribution in [0.3, 0.4) is 0 Å². The van der Waals surface area contributed by atoms with Crippen molar-refractivity contribution in [2.45, 2.75) is 38.7 Å². The number of ether oxygens (including phenoxy) is 2. The Morgan fingerprint density at radius 1 is 1.28 bits per heavy atom. The van der Waals surface area contributed by atoms with Crippen molar-refractivity contribution < 1.29 is 29.0 Å². The van der Waals surface area contributed by atoms with Crippen molar-refractivity contribution in [3.8, 4) is 0 Å². The molecule has 0 spiro atoms. The minimum atomic E-state index is -1.63. The highest BCUT2D eigenvalue weighted by Gasteiger charge is 2.57. The molecule has 0 amide bonds. The molecular formula is C18H23NO6. The third-order valence-corrected chi connectivity index (χ3v) is 4.42. The second-order valence-corrected chi connectivity index (χ2v) is 6.27. The predicted molar refractivity (Wildman–Crippen MR) is 87.5 cm³/mol. The average Bonchev–Trinajstić information content (AvgIpc) is 2.54. The molecule has 1 fully saturated rings. The second kappa shape index (κ2) is 7.74. The normalized spacial score (nSPS) is 29.1. The molecule has 2 rings (SSSR count). The number of nitrogens with zero attached hydrogens (tertiary/aromatic N) is 1. The van der Waals surface area contributed by atoms with E-state index in [0.717, 1.165) is 0 Å². The highest BCUT2D eigenvalue weighted by molar-refractivity contribution is 6.02. The van der Waals surface area contributed by atoms with E-state index in [2.05, 4.69) is 4.98 Å². The topological polar surface area (TPSA) is 103 Å². The Bertz CT molecular complexity index is 642. The van der Waals surface area contributed by atoms with Crippen molar-refractivity contribution in [2.24, 2.45) is 11.8 Å². The Hall–Kier alpha value is -2.28. The van der Waals surface area contributed by atoms with Gasteiger partial charge in [-0.2, -0.15) is 0 Å². The number of rotatable bonds is 5. The number of hydrogen-bond acceptors (Lipinski definition) is 7. The van der Waals surface area contributed by atoms with Gasteiger partial charge in [0.25, 0.3) is 0 Å². The van der Waals surface area contributed by atoms with Gasteiger partial charge in [0.05, 0.1) is 24.7 Å². The SMILES string of the molecule is CCOC(=O)[C@H]1C(=O)C[C@](C)(O)[C@@H](C(=O)OCC)[C@H]1c1cccnc1. The van der Waals surface area contributed by atoms with E-state index in [1.54, 1.807) is 32.2 Å². The first-order chi connectivity index (χ1) is 11.8. The van der Waals surface area contributed by atoms with Crippen LogP contribution in [0.4, 0.5) is 0 Å². The van der Waals surface area contributed by atoms with Crippen molar-refractivity contribution in [3.05, 3.63) is 30.1 Å². The summed E-state index contributed by atoms with van der Waals surface area (Å²) in [7, 11) is 0. The number of hydrogen-bond donors (Lipinski definition) is 1. The number of ketones is 1. The maximum absolute atomic E-state index is 12.6. The van der Waals surface area contributed by atoms with Gasteiger partial charge in [-0.25, -0.2) is 0 Å². The van der Waals surface area contributed by atoms with Gasteiger partial charge in [0.15, 0.2) is 5.78 Å². The number of carbonyl (C=O) groups excluding carboxylic acids is 3. The van der Waals surface area contributed by atoms with Crippen molar-refractivity contribution >= 4 is 17.7 Å². The minimum Gasteiger partial charge on any atom is -0.466 e. The summed E-state index contributed by atoms with van der Waals surface area (Å²) in [5.74, 6) is -4.97. The summed E-state index contributed by atoms with van der Waals surface area (Å²) in [6.45, 7) is 4.95. The standard InChI is InChI=1S/C18H23NO6/c1-4-24-16(21)14-12(20)9-18(3,23)15(17(22)25-5-2)13(14)11-7-6-8-19-10-11/h6-8,10,13-15,23H,4-5,9H2,1-3H3/t13-,14-,15+,18-/m0/s1. The zero-order valence-electron chi connectivity index (χ0n) is 14.6. The van der Waals surface area contributed by atoms with E-state index in [1.165, 1.54) is 13.1 Å². The minimum absolute atomic E-state index is 0.114. The molecule has 7 heteroatoms. The van der Waals surface area contributed by atoms with Crippen molar-refractivity contribution in [3.63, 3.8) is 0 Å². The van der Waals surface area contributed by atoms with E-state index in [0.29, 0.717) is 5.56 Å². The molecule has 0 unspecified atom stereocenters. The number of aromatic nitrogens is 1. The summed E-state index contributed by atoms with van der Waals surface area (Å²) < 4.78 is 10.2. The van der Waals surface area contributed by atoms with Gasteiger partial charge in [-0.1, -0.05) is 6.07 Å². The molecule has 4 atom stereocenters. The molecule has 1 aromatic heterocycles. The second-order valence-electron chi connectivity index (χ2n) is 6.27. The van der Waals surface area contributed by atoms with Crippen LogP contribution >= 0.6 is 0 Å². The lowest BCUT2D eigenvalue weighted by molar-refractivity contribution is -0.172. The Labute approximate surface area is 146 Å². The molecule has 0 saturated heterocycles. The molecule has 136 valence electrons. The Morgan fingerprint density at radius 2 is 1.92 bits per heavy atom. The fourth-order valence-corrected chi connectivity index (χ4v) is 3.45. The fraction of sp³-hybridized carbons (Fsp3) is 0.556. The van der Waals surface area contributed by atoms with Crippen molar-refractivity contribution in [1.82, 2.24) is 4.98 Å². The summed E-state index contributed by atoms with van der Waals surface area (Å²) in [5, 5.41) is 10.8. The van der Waals surface area contributed by atoms with Crippen LogP contribution in [0.2, 0.25) is 0 Å². The van der Waals surface area contributed by atoms with Crippen LogP contribution < -0.4 is 0 Å². The molecule has 7 nitrogen and oxygen atoms in total. The van der Waals surface area contributed by atoms with Gasteiger partial charge in [0.2, 0.25) is 0 Å². The smallest absolute Gasteiger partial charge is 0.317 e. The number of pyridine rings is 1. The molecule has 1 heterocycles. The molecule has 1 N–H and O–H groups in total. The number of carbonyl (C=O) groups is 3. The number of aliphatic hydroxyl groups is 1. The van der Waals surface area contributed by atoms with Crippen LogP contribution in [-0.4, -0.2) is 46.6 Å². The van der Waals surface area contributed by atoms with Crippen LogP contribution in [-0.2, 0) is 23.9 Å². The zero-order chi connectivity index (χ0) is 18.6. The number of esters is 2. The van der Waals surface area contributed by atoms with E-state index in [4.69, 9.17) is 9.47 Å². The molecule has 1 aromatic rings. The van der Waals surface area contributed by atoms with E-state index >= 15 is 0 Å². The molecule has 0 bridgehead atoms. The zero-order valence-corrected chi connectivity index (χ0v) is 14.6. The van der Waals surface area contributed by atoms with Crippen LogP contribution in [0.15, 0.2) is 24.5 Å². The van der Waals surface area contributed by atoms with Crippen LogP contribution in [0.5, 0.6) is 0 Å². The molecule has 1 aliphatic carbocycles. The van der Waals surface area contributed by atoms with E-state index < -0.39 is 41.1 Å². The van der Waals surface area contributed by atoms with Gasteiger partial charge in [-0.3, -0.25) is 19.4 Å². The Balaban J connectivity index is 2.57. The van der Waals surface area contributed by atoms with E-state index in [1.807, 2.05) is 0 Å². The summed E-state index contributed by atoms with van der Waals surface area (Å²) in [4.78, 5) is 41.6. The molecule has 0 aliphatic heterocycles. The maximum atomic E-state index is 12.6. The first-order valence-corrected chi connectivity index (χ1v) is 8.31. The largest absolute Gasteiger partial charge is 0.466 e. The number of Topliss-reactive ketones (excluding diaryl/α,β-unsaturated/α-hetero) is 1. The quantitative estimate of drug-likeness (QED) is 0.630. The first kappa shape index (κ1) is 19.1. The van der Waals surface area contributed by atoms with E-state index in [-0.39, 0.29) is 19.6 Å². The first-order valence-electron chi connectivity index (χ1n) is 8.31. The monoisotopic (exact) mass is 349 g/mol. The lowest BCUT2D eigenvalue weighted by Crippen LogP contribution is -2.55. The molecule has 0 aromatic carbocycles. The summed E-state index contributed by atoms with van der Waals surface area (Å²) >= 11 is 0. The van der Waals surface area contributed by atoms with Gasteiger partial charge < -0.3 is 14.6 Å². The van der Waals surface area contributed by atoms with Gasteiger partial charge in [-0.15, -0.1) is 0 Å². The lowest BCUT2D eigenvalue weighted by Gasteiger charge is -2.43. The lowest BCUT2D eigenvalue weighted by atomic mass is 9.62. The highest BCUT2D eigenvalue weighted by Crippen LogP contribution is 2.46. The maximum Gasteiger partial charge on any atom is 0.317 e. The van der Waals surface area contributed by atoms with Crippen LogP contribution in [0.1, 0.15) is 38.7 Å². The van der Waals surface area contributed by atoms with Crippen LogP contribution in [0, 0.1) is 11.8 Å². The van der Waals surface area contributed by atoms with Gasteiger partial charge in [0.1, 0.15) is 5.92 Å². The molecule has 25 heavy (non-hydrogen) atoms. The summed E-state index contributed by atoms with van der Waals surface area (Å²) in [5.41, 5.74) is -1.13. The molecular weight excluding hydrogens is 326 g/mol. The van der Waals surface area contributed by atoms with Crippen LogP contribution in [0.25, 0.3) is 0 Å². The van der Waals surface area contributed by atoms with Gasteiger partial charge >= 0.3 is 11.9 Å². The molecule has 1 saturated carbocycles. The fourth-order valence-electron chi connectivity index (χ4n) is 3.45. The molecule has 1 aliphatic rings. The Kier molecular flexibility index (Phi) is 5.89. The van der Waals surface area contributed by atoms with Gasteiger partial charge in [0, 0.05) is 24.7 Å². The van der Waals surface area contributed by atoms with Crippen molar-refractivity contribution in [1.29, 1.82) is 0 Å². The third-order valence-electron chi connectivity index (χ3n) is 4.42. The Morgan fingerprint density at radius 3 is 2.48 bits per heavy atom. The average molecular weight is 349 g/mol. The summed E-state index contributed by atoms with van der Waals surface area (Å²) in [6.07, 6.45) is 2.71. The van der Waals surface area contributed by atoms with Crippen molar-refractivity contribution in [2.75, 3.05) is 13.2 Å². The van der Waals surface area contributed by atoms with Gasteiger partial charge in [-0.05, 0) is 32.4 Å². The third kappa shape index (κ3) is 3.87. The van der Waals surface area contributed by atoms with E-state index in [9.17, 15) is 19.5 Å². The summed E-state index contributed by atoms with van der Waals surface area (Å²) in [6, 6.07) is 3.32.